The molecule has 1 aliphatic carbocycles. The molecule has 1 aliphatic rings. The first kappa shape index (κ1) is 14.0. The van der Waals surface area contributed by atoms with Gasteiger partial charge in [-0.3, -0.25) is 4.79 Å². The molecule has 0 aliphatic heterocycles. The SMILES string of the molecule is COC1(C(=O)c2ccc(Br)c(Cl)c2F)CCCC1. The number of benzene rings is 1. The highest BCUT2D eigenvalue weighted by Gasteiger charge is 2.42. The summed E-state index contributed by atoms with van der Waals surface area (Å²) in [6.07, 6.45) is 3.11. The van der Waals surface area contributed by atoms with E-state index >= 15 is 0 Å². The lowest BCUT2D eigenvalue weighted by Gasteiger charge is -2.26. The maximum absolute atomic E-state index is 14.0. The molecule has 2 nitrogen and oxygen atoms in total. The van der Waals surface area contributed by atoms with Crippen molar-refractivity contribution in [3.8, 4) is 0 Å². The number of hydrogen-bond acceptors (Lipinski definition) is 2. The van der Waals surface area contributed by atoms with E-state index in [-0.39, 0.29) is 16.4 Å². The second-order valence-corrected chi connectivity index (χ2v) is 5.69. The van der Waals surface area contributed by atoms with E-state index in [4.69, 9.17) is 16.3 Å². The quantitative estimate of drug-likeness (QED) is 0.605. The lowest BCUT2D eigenvalue weighted by molar-refractivity contribution is 0.00569. The van der Waals surface area contributed by atoms with Gasteiger partial charge in [0.1, 0.15) is 5.60 Å². The van der Waals surface area contributed by atoms with Gasteiger partial charge in [0.2, 0.25) is 0 Å². The summed E-state index contributed by atoms with van der Waals surface area (Å²) >= 11 is 8.94. The molecule has 0 heterocycles. The van der Waals surface area contributed by atoms with Gasteiger partial charge in [0.25, 0.3) is 0 Å². The van der Waals surface area contributed by atoms with E-state index in [1.54, 1.807) is 6.07 Å². The molecule has 98 valence electrons. The summed E-state index contributed by atoms with van der Waals surface area (Å²) in [5, 5.41) is -0.0647. The highest BCUT2D eigenvalue weighted by molar-refractivity contribution is 9.10. The molecular formula is C13H13BrClFO2. The van der Waals surface area contributed by atoms with Crippen molar-refractivity contribution < 1.29 is 13.9 Å². The van der Waals surface area contributed by atoms with Crippen LogP contribution >= 0.6 is 27.5 Å². The predicted molar refractivity (Wildman–Crippen MR) is 71.6 cm³/mol. The summed E-state index contributed by atoms with van der Waals surface area (Å²) in [4.78, 5) is 12.4. The zero-order valence-electron chi connectivity index (χ0n) is 9.93. The van der Waals surface area contributed by atoms with Crippen molar-refractivity contribution in [2.24, 2.45) is 0 Å². The van der Waals surface area contributed by atoms with E-state index in [9.17, 15) is 9.18 Å². The Morgan fingerprint density at radius 1 is 1.44 bits per heavy atom. The Morgan fingerprint density at radius 2 is 2.06 bits per heavy atom. The molecule has 0 N–H and O–H groups in total. The maximum Gasteiger partial charge on any atom is 0.197 e. The van der Waals surface area contributed by atoms with Crippen LogP contribution in [0.1, 0.15) is 36.0 Å². The van der Waals surface area contributed by atoms with E-state index in [0.29, 0.717) is 17.3 Å². The Labute approximate surface area is 119 Å². The monoisotopic (exact) mass is 334 g/mol. The number of carbonyl (C=O) groups is 1. The molecule has 2 rings (SSSR count). The van der Waals surface area contributed by atoms with Crippen molar-refractivity contribution in [2.75, 3.05) is 7.11 Å². The lowest BCUT2D eigenvalue weighted by Crippen LogP contribution is -2.38. The van der Waals surface area contributed by atoms with Crippen LogP contribution in [-0.4, -0.2) is 18.5 Å². The molecule has 1 saturated carbocycles. The van der Waals surface area contributed by atoms with E-state index in [0.717, 1.165) is 12.8 Å². The normalized spacial score (nSPS) is 18.0. The van der Waals surface area contributed by atoms with Crippen LogP contribution < -0.4 is 0 Å². The Kier molecular flexibility index (Phi) is 4.09. The molecule has 5 heteroatoms. The van der Waals surface area contributed by atoms with E-state index < -0.39 is 11.4 Å². The summed E-state index contributed by atoms with van der Waals surface area (Å²) in [6, 6.07) is 3.03. The number of hydrogen-bond donors (Lipinski definition) is 0. The number of ether oxygens (including phenoxy) is 1. The molecule has 0 bridgehead atoms. The van der Waals surface area contributed by atoms with Crippen molar-refractivity contribution in [1.82, 2.24) is 0 Å². The molecule has 0 unspecified atom stereocenters. The standard InChI is InChI=1S/C13H13BrClFO2/c1-18-13(6-2-3-7-13)12(17)8-4-5-9(14)10(15)11(8)16/h4-5H,2-3,6-7H2,1H3. The fraction of sp³-hybridized carbons (Fsp3) is 0.462. The maximum atomic E-state index is 14.0. The Hall–Kier alpha value is -0.450. The predicted octanol–water partition coefficient (Wildman–Crippen LogP) is 4.38. The largest absolute Gasteiger partial charge is 0.370 e. The topological polar surface area (TPSA) is 26.3 Å². The Balaban J connectivity index is 2.43. The van der Waals surface area contributed by atoms with Crippen molar-refractivity contribution in [1.29, 1.82) is 0 Å². The number of ketones is 1. The first-order valence-electron chi connectivity index (χ1n) is 5.75. The lowest BCUT2D eigenvalue weighted by atomic mass is 9.91. The van der Waals surface area contributed by atoms with Gasteiger partial charge in [0.05, 0.1) is 10.6 Å². The molecule has 1 aromatic carbocycles. The van der Waals surface area contributed by atoms with Crippen molar-refractivity contribution >= 4 is 33.3 Å². The third kappa shape index (κ3) is 2.22. The van der Waals surface area contributed by atoms with Crippen LogP contribution in [-0.2, 0) is 4.74 Å². The van der Waals surface area contributed by atoms with Crippen LogP contribution in [0.5, 0.6) is 0 Å². The van der Waals surface area contributed by atoms with Gasteiger partial charge in [-0.2, -0.15) is 0 Å². The third-order valence-electron chi connectivity index (χ3n) is 3.50. The van der Waals surface area contributed by atoms with Crippen LogP contribution in [0.25, 0.3) is 0 Å². The van der Waals surface area contributed by atoms with Crippen LogP contribution in [0, 0.1) is 5.82 Å². The van der Waals surface area contributed by atoms with Gasteiger partial charge in [-0.1, -0.05) is 11.6 Å². The molecule has 0 atom stereocenters. The molecule has 0 radical (unpaired) electrons. The minimum absolute atomic E-state index is 0.00644. The second kappa shape index (κ2) is 5.27. The van der Waals surface area contributed by atoms with Crippen molar-refractivity contribution in [3.05, 3.63) is 33.0 Å². The van der Waals surface area contributed by atoms with Gasteiger partial charge in [-0.05, 0) is 53.7 Å². The number of halogens is 3. The van der Waals surface area contributed by atoms with Gasteiger partial charge in [-0.15, -0.1) is 0 Å². The van der Waals surface area contributed by atoms with Crippen LogP contribution in [0.3, 0.4) is 0 Å². The number of methoxy groups -OCH3 is 1. The van der Waals surface area contributed by atoms with E-state index in [2.05, 4.69) is 15.9 Å². The van der Waals surface area contributed by atoms with Gasteiger partial charge in [-0.25, -0.2) is 4.39 Å². The number of Topliss-reactive ketones (excluding diaryl/α,β-unsaturated/α-hetero) is 1. The Morgan fingerprint density at radius 3 is 2.61 bits per heavy atom. The molecule has 0 amide bonds. The summed E-state index contributed by atoms with van der Waals surface area (Å²) in [5.74, 6) is -0.992. The second-order valence-electron chi connectivity index (χ2n) is 4.46. The van der Waals surface area contributed by atoms with Gasteiger partial charge >= 0.3 is 0 Å². The van der Waals surface area contributed by atoms with Crippen LogP contribution in [0.15, 0.2) is 16.6 Å². The van der Waals surface area contributed by atoms with Crippen LogP contribution in [0.4, 0.5) is 4.39 Å². The average molecular weight is 336 g/mol. The zero-order valence-corrected chi connectivity index (χ0v) is 12.3. The van der Waals surface area contributed by atoms with Crippen molar-refractivity contribution in [3.63, 3.8) is 0 Å². The van der Waals surface area contributed by atoms with Crippen LogP contribution in [0.2, 0.25) is 5.02 Å². The fourth-order valence-electron chi connectivity index (χ4n) is 2.42. The number of carbonyl (C=O) groups excluding carboxylic acids is 1. The minimum atomic E-state index is -0.877. The summed E-state index contributed by atoms with van der Waals surface area (Å²) in [7, 11) is 1.50. The summed E-state index contributed by atoms with van der Waals surface area (Å²) in [6.45, 7) is 0. The van der Waals surface area contributed by atoms with Gasteiger partial charge < -0.3 is 4.74 Å². The molecule has 0 saturated heterocycles. The molecule has 1 aromatic rings. The highest BCUT2D eigenvalue weighted by Crippen LogP contribution is 2.37. The molecule has 1 fully saturated rings. The summed E-state index contributed by atoms with van der Waals surface area (Å²) < 4.78 is 19.8. The molecule has 18 heavy (non-hydrogen) atoms. The van der Waals surface area contributed by atoms with Gasteiger partial charge in [0, 0.05) is 11.6 Å². The molecule has 0 aromatic heterocycles. The zero-order chi connectivity index (χ0) is 13.3. The third-order valence-corrected chi connectivity index (χ3v) is 4.75. The molecular weight excluding hydrogens is 322 g/mol. The van der Waals surface area contributed by atoms with Gasteiger partial charge in [0.15, 0.2) is 11.6 Å². The van der Waals surface area contributed by atoms with E-state index in [1.807, 2.05) is 0 Å². The average Bonchev–Trinajstić information content (AvgIpc) is 2.85. The highest BCUT2D eigenvalue weighted by atomic mass is 79.9. The first-order chi connectivity index (χ1) is 8.52. The number of rotatable bonds is 3. The minimum Gasteiger partial charge on any atom is -0.370 e. The first-order valence-corrected chi connectivity index (χ1v) is 6.92. The fourth-order valence-corrected chi connectivity index (χ4v) is 2.89. The van der Waals surface area contributed by atoms with Crippen molar-refractivity contribution in [2.45, 2.75) is 31.3 Å². The summed E-state index contributed by atoms with van der Waals surface area (Å²) in [5.41, 5.74) is -0.871. The molecule has 0 spiro atoms. The Bertz CT molecular complexity index is 484. The smallest absolute Gasteiger partial charge is 0.197 e. The van der Waals surface area contributed by atoms with E-state index in [1.165, 1.54) is 13.2 Å².